The van der Waals surface area contributed by atoms with E-state index in [0.29, 0.717) is 11.1 Å². The smallest absolute Gasteiger partial charge is 0.336 e. The summed E-state index contributed by atoms with van der Waals surface area (Å²) in [5.41, 5.74) is 0.586. The predicted molar refractivity (Wildman–Crippen MR) is 82.0 cm³/mol. The molecule has 0 amide bonds. The monoisotopic (exact) mass is 398 g/mol. The quantitative estimate of drug-likeness (QED) is 0.486. The second-order valence-corrected chi connectivity index (χ2v) is 5.91. The van der Waals surface area contributed by atoms with Crippen LogP contribution in [0.4, 0.5) is 0 Å². The fourth-order valence-electron chi connectivity index (χ4n) is 2.76. The number of hydrogen-bond donors (Lipinski definition) is 4. The van der Waals surface area contributed by atoms with Crippen LogP contribution in [0, 0.1) is 0 Å². The van der Waals surface area contributed by atoms with Crippen molar-refractivity contribution in [3.05, 3.63) is 35.4 Å². The molecule has 2 fully saturated rings. The first-order valence-corrected chi connectivity index (χ1v) is 7.82. The summed E-state index contributed by atoms with van der Waals surface area (Å²) in [4.78, 5) is 44.4. The van der Waals surface area contributed by atoms with Crippen LogP contribution in [-0.2, 0) is 38.1 Å². The van der Waals surface area contributed by atoms with Gasteiger partial charge in [-0.25, -0.2) is 19.2 Å². The summed E-state index contributed by atoms with van der Waals surface area (Å²) in [6.07, 6.45) is -9.24. The first-order chi connectivity index (χ1) is 13.2. The highest BCUT2D eigenvalue weighted by Gasteiger charge is 2.47. The average Bonchev–Trinajstić information content (AvgIpc) is 3.27. The van der Waals surface area contributed by atoms with Crippen LogP contribution in [0.2, 0.25) is 0 Å². The van der Waals surface area contributed by atoms with Crippen LogP contribution in [0.3, 0.4) is 0 Å². The Hall–Kier alpha value is -3.06. The van der Waals surface area contributed by atoms with Crippen molar-refractivity contribution in [3.8, 4) is 0 Å². The summed E-state index contributed by atoms with van der Waals surface area (Å²) >= 11 is 0. The lowest BCUT2D eigenvalue weighted by molar-refractivity contribution is -0.156. The maximum Gasteiger partial charge on any atom is 0.336 e. The van der Waals surface area contributed by atoms with Crippen LogP contribution in [-0.4, -0.2) is 68.7 Å². The van der Waals surface area contributed by atoms with Gasteiger partial charge in [-0.1, -0.05) is 24.3 Å². The van der Waals surface area contributed by atoms with Gasteiger partial charge in [-0.3, -0.25) is 0 Å². The Morgan fingerprint density at radius 3 is 0.929 bits per heavy atom. The van der Waals surface area contributed by atoms with E-state index in [1.165, 1.54) is 24.3 Å². The first-order valence-electron chi connectivity index (χ1n) is 7.82. The van der Waals surface area contributed by atoms with Gasteiger partial charge in [-0.2, -0.15) is 0 Å². The van der Waals surface area contributed by atoms with Crippen LogP contribution in [0.25, 0.3) is 0 Å². The van der Waals surface area contributed by atoms with Crippen LogP contribution in [0.1, 0.15) is 23.7 Å². The number of carboxylic acids is 4. The second-order valence-electron chi connectivity index (χ2n) is 5.91. The van der Waals surface area contributed by atoms with Crippen molar-refractivity contribution in [2.24, 2.45) is 0 Å². The molecule has 28 heavy (non-hydrogen) atoms. The van der Waals surface area contributed by atoms with Gasteiger partial charge in [0.1, 0.15) is 0 Å². The maximum atomic E-state index is 11.1. The van der Waals surface area contributed by atoms with Crippen molar-refractivity contribution < 1.29 is 58.6 Å². The number of carboxylic acid groups (broad SMARTS) is 4. The normalized spacial score (nSPS) is 28.3. The van der Waals surface area contributed by atoms with Gasteiger partial charge >= 0.3 is 23.9 Å². The van der Waals surface area contributed by atoms with Crippen LogP contribution < -0.4 is 0 Å². The van der Waals surface area contributed by atoms with E-state index in [0.717, 1.165) is 0 Å². The Kier molecular flexibility index (Phi) is 5.29. The zero-order valence-corrected chi connectivity index (χ0v) is 13.8. The summed E-state index contributed by atoms with van der Waals surface area (Å²) in [5, 5.41) is 36.1. The fourth-order valence-corrected chi connectivity index (χ4v) is 2.76. The van der Waals surface area contributed by atoms with Gasteiger partial charge < -0.3 is 39.4 Å². The molecule has 4 atom stereocenters. The van der Waals surface area contributed by atoms with Gasteiger partial charge in [0, 0.05) is 11.1 Å². The van der Waals surface area contributed by atoms with Gasteiger partial charge in [0.15, 0.2) is 37.0 Å². The van der Waals surface area contributed by atoms with Gasteiger partial charge in [-0.15, -0.1) is 0 Å². The molecule has 4 N–H and O–H groups in total. The lowest BCUT2D eigenvalue weighted by Crippen LogP contribution is -2.36. The van der Waals surface area contributed by atoms with Crippen molar-refractivity contribution in [1.82, 2.24) is 0 Å². The minimum absolute atomic E-state index is 0.293. The second kappa shape index (κ2) is 7.52. The first kappa shape index (κ1) is 19.7. The lowest BCUT2D eigenvalue weighted by Gasteiger charge is -2.13. The molecule has 2 heterocycles. The maximum absolute atomic E-state index is 11.1. The molecule has 0 unspecified atom stereocenters. The zero-order chi connectivity index (χ0) is 20.6. The molecule has 0 radical (unpaired) electrons. The minimum atomic E-state index is -1.68. The molecule has 150 valence electrons. The molecular weight excluding hydrogens is 384 g/mol. The summed E-state index contributed by atoms with van der Waals surface area (Å²) in [6, 6.07) is 5.61. The molecule has 0 aliphatic carbocycles. The molecule has 1 aromatic rings. The van der Waals surface area contributed by atoms with E-state index in [9.17, 15) is 19.2 Å². The summed E-state index contributed by atoms with van der Waals surface area (Å²) in [7, 11) is 0. The molecule has 2 aliphatic rings. The molecule has 2 aliphatic heterocycles. The Labute approximate surface area is 155 Å². The molecule has 12 heteroatoms. The van der Waals surface area contributed by atoms with E-state index in [1.807, 2.05) is 0 Å². The molecule has 3 rings (SSSR count). The SMILES string of the molecule is O=C(O)[C@@H]1OC(c2ccc(C3O[C@@H](C(=O)O)[C@H](C(=O)O)O3)cc2)O[C@H]1C(=O)O. The van der Waals surface area contributed by atoms with Crippen LogP contribution in [0.5, 0.6) is 0 Å². The van der Waals surface area contributed by atoms with Gasteiger partial charge in [-0.05, 0) is 0 Å². The predicted octanol–water partition coefficient (Wildman–Crippen LogP) is -0.410. The van der Waals surface area contributed by atoms with E-state index >= 15 is 0 Å². The van der Waals surface area contributed by atoms with Gasteiger partial charge in [0.05, 0.1) is 0 Å². The van der Waals surface area contributed by atoms with Gasteiger partial charge in [0.2, 0.25) is 0 Å². The summed E-state index contributed by atoms with van der Waals surface area (Å²) in [5.74, 6) is -5.95. The average molecular weight is 398 g/mol. The molecule has 0 saturated carbocycles. The molecule has 1 aromatic carbocycles. The molecule has 0 bridgehead atoms. The van der Waals surface area contributed by atoms with E-state index < -0.39 is 60.9 Å². The van der Waals surface area contributed by atoms with Crippen molar-refractivity contribution in [2.75, 3.05) is 0 Å². The Morgan fingerprint density at radius 1 is 0.536 bits per heavy atom. The molecule has 2 saturated heterocycles. The van der Waals surface area contributed by atoms with Crippen LogP contribution in [0.15, 0.2) is 24.3 Å². The minimum Gasteiger partial charge on any atom is -0.479 e. The largest absolute Gasteiger partial charge is 0.479 e. The van der Waals surface area contributed by atoms with Crippen LogP contribution >= 0.6 is 0 Å². The third-order valence-corrected chi connectivity index (χ3v) is 4.09. The number of aliphatic carboxylic acids is 4. The zero-order valence-electron chi connectivity index (χ0n) is 13.8. The molecule has 12 nitrogen and oxygen atoms in total. The van der Waals surface area contributed by atoms with E-state index in [4.69, 9.17) is 39.4 Å². The number of benzene rings is 1. The molecule has 0 aromatic heterocycles. The Morgan fingerprint density at radius 2 is 0.750 bits per heavy atom. The topological polar surface area (TPSA) is 186 Å². The summed E-state index contributed by atoms with van der Waals surface area (Å²) < 4.78 is 20.5. The van der Waals surface area contributed by atoms with Crippen molar-refractivity contribution in [1.29, 1.82) is 0 Å². The number of hydrogen-bond acceptors (Lipinski definition) is 8. The highest BCUT2D eigenvalue weighted by molar-refractivity contribution is 5.84. The van der Waals surface area contributed by atoms with Crippen molar-refractivity contribution >= 4 is 23.9 Å². The number of carbonyl (C=O) groups is 4. The van der Waals surface area contributed by atoms with Crippen molar-refractivity contribution in [2.45, 2.75) is 37.0 Å². The molecule has 0 spiro atoms. The Bertz CT molecular complexity index is 691. The third-order valence-electron chi connectivity index (χ3n) is 4.09. The number of ether oxygens (including phenoxy) is 4. The molecular formula is C16H14O12. The Balaban J connectivity index is 1.74. The summed E-state index contributed by atoms with van der Waals surface area (Å²) in [6.45, 7) is 0. The van der Waals surface area contributed by atoms with Gasteiger partial charge in [0.25, 0.3) is 0 Å². The number of rotatable bonds is 6. The van der Waals surface area contributed by atoms with Crippen molar-refractivity contribution in [3.63, 3.8) is 0 Å². The van der Waals surface area contributed by atoms with E-state index in [1.54, 1.807) is 0 Å². The highest BCUT2D eigenvalue weighted by atomic mass is 16.8. The van der Waals surface area contributed by atoms with E-state index in [2.05, 4.69) is 0 Å². The standard InChI is InChI=1S/C16H14O12/c17-11(18)7-8(12(19)20)26-15(25-7)5-1-2-6(4-3-5)16-27-9(13(21)22)10(28-16)14(23)24/h1-4,7-10,15-16H,(H,17,18)(H,19,20)(H,21,22)(H,23,24)/t7-,8-,9-,10-/m1/s1. The van der Waals surface area contributed by atoms with E-state index in [-0.39, 0.29) is 0 Å². The fraction of sp³-hybridized carbons (Fsp3) is 0.375. The highest BCUT2D eigenvalue weighted by Crippen LogP contribution is 2.35. The lowest BCUT2D eigenvalue weighted by atomic mass is 10.1. The third kappa shape index (κ3) is 3.66.